The molecular formula is C22H23N3O3. The SMILES string of the molecule is Cc1cccn2cc(C(=O)N3CCC[C@H]3c3ccc4c(c3)OCCCO4)nc12. The largest absolute Gasteiger partial charge is 0.490 e. The molecule has 0 N–H and O–H groups in total. The molecule has 1 atom stereocenters. The molecule has 0 unspecified atom stereocenters. The zero-order valence-electron chi connectivity index (χ0n) is 15.9. The third kappa shape index (κ3) is 2.89. The van der Waals surface area contributed by atoms with Crippen molar-refractivity contribution in [1.82, 2.24) is 14.3 Å². The predicted molar refractivity (Wildman–Crippen MR) is 105 cm³/mol. The molecule has 5 rings (SSSR count). The van der Waals surface area contributed by atoms with Gasteiger partial charge in [-0.15, -0.1) is 0 Å². The van der Waals surface area contributed by atoms with E-state index >= 15 is 0 Å². The minimum absolute atomic E-state index is 0.0160. The lowest BCUT2D eigenvalue weighted by molar-refractivity contribution is 0.0730. The summed E-state index contributed by atoms with van der Waals surface area (Å²) in [5.41, 5.74) is 3.48. The summed E-state index contributed by atoms with van der Waals surface area (Å²) in [7, 11) is 0. The summed E-state index contributed by atoms with van der Waals surface area (Å²) in [5.74, 6) is 1.54. The molecule has 2 aliphatic rings. The molecule has 1 aromatic carbocycles. The van der Waals surface area contributed by atoms with Crippen LogP contribution < -0.4 is 9.47 Å². The molecule has 2 aliphatic heterocycles. The number of carbonyl (C=O) groups is 1. The van der Waals surface area contributed by atoms with Gasteiger partial charge in [0.1, 0.15) is 11.3 Å². The Labute approximate surface area is 163 Å². The van der Waals surface area contributed by atoms with Crippen molar-refractivity contribution in [3.63, 3.8) is 0 Å². The molecule has 4 heterocycles. The Hall–Kier alpha value is -3.02. The van der Waals surface area contributed by atoms with Crippen LogP contribution in [-0.2, 0) is 0 Å². The number of fused-ring (bicyclic) bond motifs is 2. The van der Waals surface area contributed by atoms with Crippen LogP contribution in [0.15, 0.2) is 42.7 Å². The van der Waals surface area contributed by atoms with Gasteiger partial charge in [0.05, 0.1) is 19.3 Å². The molecular weight excluding hydrogens is 354 g/mol. The normalized spacial score (nSPS) is 19.0. The van der Waals surface area contributed by atoms with Gasteiger partial charge in [-0.1, -0.05) is 12.1 Å². The standard InChI is InChI=1S/C22H23N3O3/c1-15-5-2-9-24-14-17(23-21(15)24)22(26)25-10-3-6-18(25)16-7-8-19-20(13-16)28-12-4-11-27-19/h2,5,7-9,13-14,18H,3-4,6,10-12H2,1H3/t18-/m0/s1. The number of likely N-dealkylation sites (tertiary alicyclic amines) is 1. The van der Waals surface area contributed by atoms with E-state index in [1.807, 2.05) is 52.9 Å². The molecule has 2 aromatic heterocycles. The van der Waals surface area contributed by atoms with Crippen LogP contribution in [-0.4, -0.2) is 40.0 Å². The van der Waals surface area contributed by atoms with Gasteiger partial charge in [0.15, 0.2) is 11.5 Å². The minimum atomic E-state index is -0.0160. The van der Waals surface area contributed by atoms with E-state index in [9.17, 15) is 4.79 Å². The van der Waals surface area contributed by atoms with Crippen LogP contribution in [0.3, 0.4) is 0 Å². The molecule has 144 valence electrons. The Morgan fingerprint density at radius 2 is 2.00 bits per heavy atom. The maximum absolute atomic E-state index is 13.2. The van der Waals surface area contributed by atoms with Crippen molar-refractivity contribution in [3.8, 4) is 11.5 Å². The summed E-state index contributed by atoms with van der Waals surface area (Å²) in [5, 5.41) is 0. The number of pyridine rings is 1. The Morgan fingerprint density at radius 3 is 2.86 bits per heavy atom. The van der Waals surface area contributed by atoms with Gasteiger partial charge in [-0.3, -0.25) is 4.79 Å². The van der Waals surface area contributed by atoms with Gasteiger partial charge >= 0.3 is 0 Å². The molecule has 6 nitrogen and oxygen atoms in total. The molecule has 0 spiro atoms. The summed E-state index contributed by atoms with van der Waals surface area (Å²) in [4.78, 5) is 19.8. The molecule has 1 fully saturated rings. The first-order valence-corrected chi connectivity index (χ1v) is 9.85. The third-order valence-corrected chi connectivity index (χ3v) is 5.57. The highest BCUT2D eigenvalue weighted by Gasteiger charge is 2.32. The minimum Gasteiger partial charge on any atom is -0.490 e. The Morgan fingerprint density at radius 1 is 1.14 bits per heavy atom. The van der Waals surface area contributed by atoms with E-state index in [-0.39, 0.29) is 11.9 Å². The van der Waals surface area contributed by atoms with Crippen molar-refractivity contribution in [3.05, 3.63) is 59.5 Å². The fourth-order valence-corrected chi connectivity index (χ4v) is 4.15. The van der Waals surface area contributed by atoms with Crippen LogP contribution in [0, 0.1) is 6.92 Å². The van der Waals surface area contributed by atoms with Crippen LogP contribution in [0.4, 0.5) is 0 Å². The Kier molecular flexibility index (Phi) is 4.19. The highest BCUT2D eigenvalue weighted by molar-refractivity contribution is 5.93. The molecule has 0 bridgehead atoms. The lowest BCUT2D eigenvalue weighted by Crippen LogP contribution is -2.30. The van der Waals surface area contributed by atoms with E-state index in [4.69, 9.17) is 9.47 Å². The highest BCUT2D eigenvalue weighted by atomic mass is 16.5. The average Bonchev–Trinajstić information content (AvgIpc) is 3.30. The number of aryl methyl sites for hydroxylation is 1. The van der Waals surface area contributed by atoms with Crippen LogP contribution in [0.1, 0.15) is 46.9 Å². The van der Waals surface area contributed by atoms with E-state index in [0.29, 0.717) is 18.9 Å². The number of hydrogen-bond acceptors (Lipinski definition) is 4. The van der Waals surface area contributed by atoms with Crippen LogP contribution >= 0.6 is 0 Å². The smallest absolute Gasteiger partial charge is 0.274 e. The molecule has 1 saturated heterocycles. The number of rotatable bonds is 2. The zero-order valence-corrected chi connectivity index (χ0v) is 15.9. The number of hydrogen-bond donors (Lipinski definition) is 0. The van der Waals surface area contributed by atoms with Gasteiger partial charge in [0.2, 0.25) is 0 Å². The number of aromatic nitrogens is 2. The molecule has 0 aliphatic carbocycles. The van der Waals surface area contributed by atoms with Crippen molar-refractivity contribution in [2.24, 2.45) is 0 Å². The first-order chi connectivity index (χ1) is 13.7. The number of imidazole rings is 1. The number of carbonyl (C=O) groups excluding carboxylic acids is 1. The maximum atomic E-state index is 13.2. The molecule has 6 heteroatoms. The lowest BCUT2D eigenvalue weighted by atomic mass is 10.0. The molecule has 28 heavy (non-hydrogen) atoms. The number of benzene rings is 1. The van der Waals surface area contributed by atoms with Crippen LogP contribution in [0.25, 0.3) is 5.65 Å². The molecule has 0 radical (unpaired) electrons. The Bertz CT molecular complexity index is 1040. The van der Waals surface area contributed by atoms with Crippen LogP contribution in [0.2, 0.25) is 0 Å². The van der Waals surface area contributed by atoms with Gasteiger partial charge in [0, 0.05) is 25.4 Å². The third-order valence-electron chi connectivity index (χ3n) is 5.57. The first-order valence-electron chi connectivity index (χ1n) is 9.85. The summed E-state index contributed by atoms with van der Waals surface area (Å²) < 4.78 is 13.5. The number of nitrogens with zero attached hydrogens (tertiary/aromatic N) is 3. The second-order valence-corrected chi connectivity index (χ2v) is 7.46. The fourth-order valence-electron chi connectivity index (χ4n) is 4.15. The summed E-state index contributed by atoms with van der Waals surface area (Å²) in [6.45, 7) is 4.08. The van der Waals surface area contributed by atoms with E-state index in [2.05, 4.69) is 11.1 Å². The van der Waals surface area contributed by atoms with Crippen molar-refractivity contribution in [1.29, 1.82) is 0 Å². The van der Waals surface area contributed by atoms with E-state index in [1.54, 1.807) is 0 Å². The van der Waals surface area contributed by atoms with Gasteiger partial charge in [-0.2, -0.15) is 0 Å². The van der Waals surface area contributed by atoms with Gasteiger partial charge in [0.25, 0.3) is 5.91 Å². The van der Waals surface area contributed by atoms with Gasteiger partial charge < -0.3 is 18.8 Å². The Balaban J connectivity index is 1.45. The topological polar surface area (TPSA) is 56.1 Å². The summed E-state index contributed by atoms with van der Waals surface area (Å²) >= 11 is 0. The van der Waals surface area contributed by atoms with E-state index in [0.717, 1.165) is 54.1 Å². The average molecular weight is 377 g/mol. The summed E-state index contributed by atoms with van der Waals surface area (Å²) in [6.07, 6.45) is 6.56. The first kappa shape index (κ1) is 17.1. The number of ether oxygens (including phenoxy) is 2. The second-order valence-electron chi connectivity index (χ2n) is 7.46. The fraction of sp³-hybridized carbons (Fsp3) is 0.364. The number of amides is 1. The predicted octanol–water partition coefficient (Wildman–Crippen LogP) is 3.78. The lowest BCUT2D eigenvalue weighted by Gasteiger charge is -2.25. The summed E-state index contributed by atoms with van der Waals surface area (Å²) in [6, 6.07) is 10.1. The maximum Gasteiger partial charge on any atom is 0.274 e. The van der Waals surface area contributed by atoms with Crippen LogP contribution in [0.5, 0.6) is 11.5 Å². The second kappa shape index (κ2) is 6.86. The van der Waals surface area contributed by atoms with Gasteiger partial charge in [-0.25, -0.2) is 4.98 Å². The van der Waals surface area contributed by atoms with Gasteiger partial charge in [-0.05, 0) is 49.1 Å². The highest BCUT2D eigenvalue weighted by Crippen LogP contribution is 2.38. The zero-order chi connectivity index (χ0) is 19.1. The van der Waals surface area contributed by atoms with E-state index in [1.165, 1.54) is 0 Å². The molecule has 1 amide bonds. The van der Waals surface area contributed by atoms with E-state index < -0.39 is 0 Å². The van der Waals surface area contributed by atoms with Crippen molar-refractivity contribution in [2.75, 3.05) is 19.8 Å². The van der Waals surface area contributed by atoms with Crippen molar-refractivity contribution >= 4 is 11.6 Å². The molecule has 3 aromatic rings. The van der Waals surface area contributed by atoms with Crippen molar-refractivity contribution < 1.29 is 14.3 Å². The monoisotopic (exact) mass is 377 g/mol. The molecule has 0 saturated carbocycles. The quantitative estimate of drug-likeness (QED) is 0.682. The van der Waals surface area contributed by atoms with Crippen molar-refractivity contribution in [2.45, 2.75) is 32.2 Å².